The van der Waals surface area contributed by atoms with Crippen molar-refractivity contribution in [3.8, 4) is 0 Å². The van der Waals surface area contributed by atoms with Crippen LogP contribution in [-0.4, -0.2) is 24.4 Å². The van der Waals surface area contributed by atoms with Crippen LogP contribution in [0.4, 0.5) is 13.2 Å². The summed E-state index contributed by atoms with van der Waals surface area (Å²) in [5.41, 5.74) is -1.77. The Hall–Kier alpha value is -1.11. The highest BCUT2D eigenvalue weighted by molar-refractivity contribution is 7.17. The third-order valence-electron chi connectivity index (χ3n) is 3.22. The summed E-state index contributed by atoms with van der Waals surface area (Å²) >= 11 is 1.43. The van der Waals surface area contributed by atoms with Gasteiger partial charge in [0.05, 0.1) is 0 Å². The fraction of sp³-hybridized carbons (Fsp3) is 0.385. The topological polar surface area (TPSA) is 32.3 Å². The number of thiophene rings is 1. The van der Waals surface area contributed by atoms with Gasteiger partial charge in [0.25, 0.3) is 0 Å². The number of rotatable bonds is 3. The molecule has 104 valence electrons. The minimum Gasteiger partial charge on any atom is -0.383 e. The first-order valence-corrected chi connectivity index (χ1v) is 6.59. The summed E-state index contributed by atoms with van der Waals surface area (Å²) in [7, 11) is 1.19. The summed E-state index contributed by atoms with van der Waals surface area (Å²) in [6, 6.07) is 4.73. The van der Waals surface area contributed by atoms with Gasteiger partial charge in [-0.3, -0.25) is 0 Å². The molecule has 1 heterocycles. The highest BCUT2D eigenvalue weighted by Crippen LogP contribution is 2.36. The van der Waals surface area contributed by atoms with Crippen molar-refractivity contribution in [2.75, 3.05) is 7.05 Å². The van der Waals surface area contributed by atoms with E-state index in [1.807, 2.05) is 11.4 Å². The van der Waals surface area contributed by atoms with E-state index in [4.69, 9.17) is 0 Å². The zero-order valence-electron chi connectivity index (χ0n) is 10.5. The van der Waals surface area contributed by atoms with Crippen molar-refractivity contribution >= 4 is 21.4 Å². The second-order valence-electron chi connectivity index (χ2n) is 4.58. The summed E-state index contributed by atoms with van der Waals surface area (Å²) in [4.78, 5) is 0. The molecule has 0 bridgehead atoms. The first-order valence-electron chi connectivity index (χ1n) is 5.71. The molecule has 2 N–H and O–H groups in total. The van der Waals surface area contributed by atoms with Crippen LogP contribution in [0.2, 0.25) is 0 Å². The molecule has 2 nitrogen and oxygen atoms in total. The third kappa shape index (κ3) is 2.61. The maximum Gasteiger partial charge on any atom is 0.406 e. The number of hydrogen-bond donors (Lipinski definition) is 2. The van der Waals surface area contributed by atoms with Gasteiger partial charge in [0.15, 0.2) is 0 Å². The number of likely N-dealkylation sites (N-methyl/N-ethyl adjacent to an activating group) is 1. The zero-order chi connectivity index (χ0) is 14.3. The predicted molar refractivity (Wildman–Crippen MR) is 70.3 cm³/mol. The van der Waals surface area contributed by atoms with Gasteiger partial charge >= 0.3 is 6.18 Å². The van der Waals surface area contributed by atoms with Gasteiger partial charge in [-0.25, -0.2) is 0 Å². The molecule has 0 aliphatic heterocycles. The van der Waals surface area contributed by atoms with Crippen LogP contribution in [0.1, 0.15) is 12.5 Å². The average molecular weight is 289 g/mol. The molecule has 1 aromatic carbocycles. The quantitative estimate of drug-likeness (QED) is 0.909. The minimum absolute atomic E-state index is 0.249. The van der Waals surface area contributed by atoms with Crippen molar-refractivity contribution in [1.82, 2.24) is 5.32 Å². The standard InChI is InChI=1S/C13H14F3NOS/c1-12(18,11(17-2)13(14,15)16)9-4-3-8-5-6-19-10(8)7-9/h3-7,11,17-18H,1-2H3. The predicted octanol–water partition coefficient (Wildman–Crippen LogP) is 3.26. The molecule has 0 aliphatic rings. The number of aliphatic hydroxyl groups is 1. The van der Waals surface area contributed by atoms with Gasteiger partial charge in [-0.05, 0) is 42.4 Å². The second kappa shape index (κ2) is 4.77. The number of halogens is 3. The number of alkyl halides is 3. The van der Waals surface area contributed by atoms with Gasteiger partial charge < -0.3 is 10.4 Å². The van der Waals surface area contributed by atoms with Crippen LogP contribution in [0.5, 0.6) is 0 Å². The van der Waals surface area contributed by atoms with E-state index in [1.165, 1.54) is 31.4 Å². The monoisotopic (exact) mass is 289 g/mol. The molecule has 6 heteroatoms. The molecule has 0 aliphatic carbocycles. The summed E-state index contributed by atoms with van der Waals surface area (Å²) in [6.07, 6.45) is -4.53. The van der Waals surface area contributed by atoms with Crippen LogP contribution in [0, 0.1) is 0 Å². The molecule has 0 spiro atoms. The second-order valence-corrected chi connectivity index (χ2v) is 5.53. The van der Waals surface area contributed by atoms with Crippen LogP contribution in [0.3, 0.4) is 0 Å². The van der Waals surface area contributed by atoms with Crippen LogP contribution in [0.25, 0.3) is 10.1 Å². The van der Waals surface area contributed by atoms with E-state index in [2.05, 4.69) is 5.32 Å². The molecule has 0 saturated carbocycles. The first kappa shape index (κ1) is 14.3. The van der Waals surface area contributed by atoms with Crippen LogP contribution < -0.4 is 5.32 Å². The normalized spacial score (nSPS) is 17.4. The number of hydrogen-bond acceptors (Lipinski definition) is 3. The van der Waals surface area contributed by atoms with E-state index in [1.54, 1.807) is 12.1 Å². The third-order valence-corrected chi connectivity index (χ3v) is 4.10. The Morgan fingerprint density at radius 2 is 1.95 bits per heavy atom. The minimum atomic E-state index is -4.53. The van der Waals surface area contributed by atoms with Gasteiger partial charge in [-0.1, -0.05) is 12.1 Å². The largest absolute Gasteiger partial charge is 0.406 e. The Balaban J connectivity index is 2.47. The van der Waals surface area contributed by atoms with Gasteiger partial charge in [0, 0.05) is 4.70 Å². The molecular weight excluding hydrogens is 275 g/mol. The summed E-state index contributed by atoms with van der Waals surface area (Å²) in [5, 5.41) is 15.3. The number of benzene rings is 1. The summed E-state index contributed by atoms with van der Waals surface area (Å²) in [6.45, 7) is 1.18. The highest BCUT2D eigenvalue weighted by Gasteiger charge is 2.50. The smallest absolute Gasteiger partial charge is 0.383 e. The fourth-order valence-electron chi connectivity index (χ4n) is 2.20. The Kier molecular flexibility index (Phi) is 3.59. The zero-order valence-corrected chi connectivity index (χ0v) is 11.3. The van der Waals surface area contributed by atoms with E-state index in [0.717, 1.165) is 10.1 Å². The van der Waals surface area contributed by atoms with Crippen LogP contribution in [-0.2, 0) is 5.60 Å². The summed E-state index contributed by atoms with van der Waals surface area (Å²) in [5.74, 6) is 0. The van der Waals surface area contributed by atoms with Gasteiger partial charge in [-0.2, -0.15) is 13.2 Å². The molecular formula is C13H14F3NOS. The Labute approximate surface area is 112 Å². The van der Waals surface area contributed by atoms with Crippen LogP contribution >= 0.6 is 11.3 Å². The molecule has 0 saturated heterocycles. The molecule has 2 unspecified atom stereocenters. The Bertz CT molecular complexity index is 577. The van der Waals surface area contributed by atoms with Crippen molar-refractivity contribution in [3.05, 3.63) is 35.2 Å². The van der Waals surface area contributed by atoms with Gasteiger partial charge in [-0.15, -0.1) is 11.3 Å². The average Bonchev–Trinajstić information content (AvgIpc) is 2.73. The van der Waals surface area contributed by atoms with Crippen molar-refractivity contribution in [1.29, 1.82) is 0 Å². The maximum absolute atomic E-state index is 12.9. The van der Waals surface area contributed by atoms with Gasteiger partial charge in [0.2, 0.25) is 0 Å². The lowest BCUT2D eigenvalue weighted by Crippen LogP contribution is -2.54. The number of nitrogens with one attached hydrogen (secondary N) is 1. The maximum atomic E-state index is 12.9. The van der Waals surface area contributed by atoms with Crippen molar-refractivity contribution in [2.24, 2.45) is 0 Å². The number of fused-ring (bicyclic) bond motifs is 1. The molecule has 19 heavy (non-hydrogen) atoms. The lowest BCUT2D eigenvalue weighted by atomic mass is 9.87. The Morgan fingerprint density at radius 3 is 2.53 bits per heavy atom. The SMILES string of the molecule is CNC(C(F)(F)F)C(C)(O)c1ccc2ccsc2c1. The van der Waals surface area contributed by atoms with E-state index >= 15 is 0 Å². The lowest BCUT2D eigenvalue weighted by molar-refractivity contribution is -0.200. The van der Waals surface area contributed by atoms with Crippen molar-refractivity contribution in [2.45, 2.75) is 24.7 Å². The lowest BCUT2D eigenvalue weighted by Gasteiger charge is -2.34. The van der Waals surface area contributed by atoms with E-state index in [-0.39, 0.29) is 5.56 Å². The van der Waals surface area contributed by atoms with Crippen LogP contribution in [0.15, 0.2) is 29.6 Å². The Morgan fingerprint density at radius 1 is 1.26 bits per heavy atom. The molecule has 2 atom stereocenters. The molecule has 2 rings (SSSR count). The molecule has 0 amide bonds. The van der Waals surface area contributed by atoms with E-state index in [0.29, 0.717) is 0 Å². The molecule has 2 aromatic rings. The van der Waals surface area contributed by atoms with Crippen molar-refractivity contribution in [3.63, 3.8) is 0 Å². The first-order chi connectivity index (χ1) is 8.76. The highest BCUT2D eigenvalue weighted by atomic mass is 32.1. The van der Waals surface area contributed by atoms with E-state index < -0.39 is 17.8 Å². The van der Waals surface area contributed by atoms with E-state index in [9.17, 15) is 18.3 Å². The molecule has 1 aromatic heterocycles. The van der Waals surface area contributed by atoms with Crippen molar-refractivity contribution < 1.29 is 18.3 Å². The molecule has 0 fully saturated rings. The molecule has 0 radical (unpaired) electrons. The summed E-state index contributed by atoms with van der Waals surface area (Å²) < 4.78 is 39.7. The van der Waals surface area contributed by atoms with Gasteiger partial charge in [0.1, 0.15) is 11.6 Å². The fourth-order valence-corrected chi connectivity index (χ4v) is 3.03.